The van der Waals surface area contributed by atoms with Crippen molar-refractivity contribution in [1.29, 1.82) is 0 Å². The first-order valence-electron chi connectivity index (χ1n) is 5.68. The summed E-state index contributed by atoms with van der Waals surface area (Å²) >= 11 is 4.28. The first kappa shape index (κ1) is 14.0. The van der Waals surface area contributed by atoms with Crippen LogP contribution in [0.1, 0.15) is 52.9 Å². The molecule has 0 saturated heterocycles. The fraction of sp³-hybridized carbons (Fsp3) is 0.917. The van der Waals surface area contributed by atoms with E-state index in [0.717, 1.165) is 30.4 Å². The SMILES string of the molecule is CC(=O)CCCCC(CCS)C(C)C. The summed E-state index contributed by atoms with van der Waals surface area (Å²) in [4.78, 5) is 10.7. The lowest BCUT2D eigenvalue weighted by molar-refractivity contribution is -0.117. The van der Waals surface area contributed by atoms with Gasteiger partial charge in [-0.25, -0.2) is 0 Å². The molecule has 0 aliphatic carbocycles. The van der Waals surface area contributed by atoms with E-state index in [1.807, 2.05) is 0 Å². The lowest BCUT2D eigenvalue weighted by Crippen LogP contribution is -2.09. The number of hydrogen-bond acceptors (Lipinski definition) is 2. The van der Waals surface area contributed by atoms with Crippen molar-refractivity contribution in [3.8, 4) is 0 Å². The topological polar surface area (TPSA) is 17.1 Å². The summed E-state index contributed by atoms with van der Waals surface area (Å²) in [5, 5.41) is 0. The highest BCUT2D eigenvalue weighted by Gasteiger charge is 2.11. The van der Waals surface area contributed by atoms with Gasteiger partial charge in [-0.1, -0.05) is 26.7 Å². The molecule has 14 heavy (non-hydrogen) atoms. The standard InChI is InChI=1S/C12H24OS/c1-10(2)12(8-9-14)7-5-4-6-11(3)13/h10,12,14H,4-9H2,1-3H3. The fourth-order valence-electron chi connectivity index (χ4n) is 1.76. The molecule has 0 heterocycles. The largest absolute Gasteiger partial charge is 0.300 e. The molecule has 0 N–H and O–H groups in total. The molecule has 0 aliphatic rings. The smallest absolute Gasteiger partial charge is 0.129 e. The molecule has 1 atom stereocenters. The number of carbonyl (C=O) groups excluding carboxylic acids is 1. The van der Waals surface area contributed by atoms with Crippen LogP contribution in [0.3, 0.4) is 0 Å². The van der Waals surface area contributed by atoms with Crippen molar-refractivity contribution >= 4 is 18.4 Å². The van der Waals surface area contributed by atoms with E-state index in [0.29, 0.717) is 5.78 Å². The summed E-state index contributed by atoms with van der Waals surface area (Å²) in [5.74, 6) is 2.84. The molecule has 0 aromatic heterocycles. The van der Waals surface area contributed by atoms with E-state index in [2.05, 4.69) is 26.5 Å². The first-order valence-corrected chi connectivity index (χ1v) is 6.31. The van der Waals surface area contributed by atoms with Gasteiger partial charge in [0.25, 0.3) is 0 Å². The summed E-state index contributed by atoms with van der Waals surface area (Å²) < 4.78 is 0. The maximum atomic E-state index is 10.7. The van der Waals surface area contributed by atoms with Crippen molar-refractivity contribution in [2.24, 2.45) is 11.8 Å². The second-order valence-electron chi connectivity index (χ2n) is 4.46. The van der Waals surface area contributed by atoms with Crippen LogP contribution < -0.4 is 0 Å². The van der Waals surface area contributed by atoms with Gasteiger partial charge in [-0.15, -0.1) is 0 Å². The van der Waals surface area contributed by atoms with Gasteiger partial charge in [0, 0.05) is 6.42 Å². The van der Waals surface area contributed by atoms with E-state index >= 15 is 0 Å². The maximum Gasteiger partial charge on any atom is 0.129 e. The van der Waals surface area contributed by atoms with Crippen LogP contribution in [-0.2, 0) is 4.79 Å². The normalized spacial score (nSPS) is 13.2. The molecule has 0 rings (SSSR count). The van der Waals surface area contributed by atoms with Crippen LogP contribution in [0.4, 0.5) is 0 Å². The van der Waals surface area contributed by atoms with Gasteiger partial charge in [0.15, 0.2) is 0 Å². The zero-order valence-electron chi connectivity index (χ0n) is 9.75. The molecule has 0 aliphatic heterocycles. The Kier molecular flexibility index (Phi) is 8.35. The molecule has 1 nitrogen and oxygen atoms in total. The third-order valence-corrected chi connectivity index (χ3v) is 3.05. The Labute approximate surface area is 94.1 Å². The minimum absolute atomic E-state index is 0.320. The first-order chi connectivity index (χ1) is 6.57. The molecule has 0 aromatic rings. The van der Waals surface area contributed by atoms with Gasteiger partial charge in [0.05, 0.1) is 0 Å². The molecule has 0 amide bonds. The quantitative estimate of drug-likeness (QED) is 0.483. The Balaban J connectivity index is 3.55. The van der Waals surface area contributed by atoms with Gasteiger partial charge in [-0.2, -0.15) is 12.6 Å². The third kappa shape index (κ3) is 7.43. The van der Waals surface area contributed by atoms with Crippen molar-refractivity contribution in [2.45, 2.75) is 52.9 Å². The molecule has 0 radical (unpaired) electrons. The van der Waals surface area contributed by atoms with E-state index in [1.54, 1.807) is 6.92 Å². The van der Waals surface area contributed by atoms with Crippen molar-refractivity contribution in [3.63, 3.8) is 0 Å². The van der Waals surface area contributed by atoms with Crippen LogP contribution >= 0.6 is 12.6 Å². The Morgan fingerprint density at radius 3 is 2.29 bits per heavy atom. The minimum Gasteiger partial charge on any atom is -0.300 e. The maximum absolute atomic E-state index is 10.7. The monoisotopic (exact) mass is 216 g/mol. The molecule has 0 saturated carbocycles. The van der Waals surface area contributed by atoms with Crippen LogP contribution in [0.5, 0.6) is 0 Å². The van der Waals surface area contributed by atoms with Crippen molar-refractivity contribution < 1.29 is 4.79 Å². The Morgan fingerprint density at radius 1 is 1.21 bits per heavy atom. The summed E-state index contributed by atoms with van der Waals surface area (Å²) in [6, 6.07) is 0. The molecule has 0 bridgehead atoms. The lowest BCUT2D eigenvalue weighted by atomic mass is 9.88. The zero-order chi connectivity index (χ0) is 11.0. The van der Waals surface area contributed by atoms with E-state index in [4.69, 9.17) is 0 Å². The van der Waals surface area contributed by atoms with Crippen LogP contribution in [0, 0.1) is 11.8 Å². The van der Waals surface area contributed by atoms with Crippen molar-refractivity contribution in [2.75, 3.05) is 5.75 Å². The third-order valence-electron chi connectivity index (χ3n) is 2.80. The number of ketones is 1. The van der Waals surface area contributed by atoms with Crippen LogP contribution in [0.15, 0.2) is 0 Å². The molecule has 2 heteroatoms. The highest BCUT2D eigenvalue weighted by molar-refractivity contribution is 7.80. The molecular weight excluding hydrogens is 192 g/mol. The molecule has 0 spiro atoms. The number of hydrogen-bond donors (Lipinski definition) is 1. The Morgan fingerprint density at radius 2 is 1.86 bits per heavy atom. The lowest BCUT2D eigenvalue weighted by Gasteiger charge is -2.19. The highest BCUT2D eigenvalue weighted by atomic mass is 32.1. The van der Waals surface area contributed by atoms with Crippen LogP contribution in [-0.4, -0.2) is 11.5 Å². The molecule has 0 aromatic carbocycles. The average Bonchev–Trinajstić information content (AvgIpc) is 2.09. The van der Waals surface area contributed by atoms with Gasteiger partial charge in [-0.3, -0.25) is 0 Å². The van der Waals surface area contributed by atoms with Crippen molar-refractivity contribution in [3.05, 3.63) is 0 Å². The number of carbonyl (C=O) groups is 1. The van der Waals surface area contributed by atoms with Gasteiger partial charge in [0.1, 0.15) is 5.78 Å². The molecule has 1 unspecified atom stereocenters. The van der Waals surface area contributed by atoms with Crippen LogP contribution in [0.2, 0.25) is 0 Å². The summed E-state index contributed by atoms with van der Waals surface area (Å²) in [5.41, 5.74) is 0. The van der Waals surface area contributed by atoms with Gasteiger partial charge in [-0.05, 0) is 37.4 Å². The van der Waals surface area contributed by atoms with E-state index in [-0.39, 0.29) is 0 Å². The summed E-state index contributed by atoms with van der Waals surface area (Å²) in [7, 11) is 0. The van der Waals surface area contributed by atoms with E-state index in [1.165, 1.54) is 19.3 Å². The number of Topliss-reactive ketones (excluding diaryl/α,β-unsaturated/α-hetero) is 1. The fourth-order valence-corrected chi connectivity index (χ4v) is 2.09. The number of unbranched alkanes of at least 4 members (excludes halogenated alkanes) is 1. The zero-order valence-corrected chi connectivity index (χ0v) is 10.6. The van der Waals surface area contributed by atoms with Gasteiger partial charge < -0.3 is 4.79 Å². The summed E-state index contributed by atoms with van der Waals surface area (Å²) in [6.07, 6.45) is 5.47. The van der Waals surface area contributed by atoms with E-state index in [9.17, 15) is 4.79 Å². The summed E-state index contributed by atoms with van der Waals surface area (Å²) in [6.45, 7) is 6.23. The van der Waals surface area contributed by atoms with Crippen LogP contribution in [0.25, 0.3) is 0 Å². The number of thiol groups is 1. The Hall–Kier alpha value is 0.0200. The average molecular weight is 216 g/mol. The number of rotatable bonds is 8. The minimum atomic E-state index is 0.320. The predicted molar refractivity (Wildman–Crippen MR) is 65.9 cm³/mol. The molecule has 0 fully saturated rings. The van der Waals surface area contributed by atoms with Crippen molar-refractivity contribution in [1.82, 2.24) is 0 Å². The second kappa shape index (κ2) is 8.34. The highest BCUT2D eigenvalue weighted by Crippen LogP contribution is 2.22. The van der Waals surface area contributed by atoms with Gasteiger partial charge >= 0.3 is 0 Å². The second-order valence-corrected chi connectivity index (χ2v) is 4.91. The van der Waals surface area contributed by atoms with Gasteiger partial charge in [0.2, 0.25) is 0 Å². The predicted octanol–water partition coefficient (Wildman–Crippen LogP) is 3.73. The van der Waals surface area contributed by atoms with E-state index < -0.39 is 0 Å². The Bertz CT molecular complexity index is 154. The molecular formula is C12H24OS. The molecule has 84 valence electrons.